The second kappa shape index (κ2) is 11.6. The van der Waals surface area contributed by atoms with Crippen molar-refractivity contribution in [1.82, 2.24) is 15.1 Å². The highest BCUT2D eigenvalue weighted by atomic mass is 32.1. The summed E-state index contributed by atoms with van der Waals surface area (Å²) in [7, 11) is 0. The number of amides is 3. The number of carbonyl (C=O) groups excluding carboxylic acids is 3. The Labute approximate surface area is 204 Å². The predicted octanol–water partition coefficient (Wildman–Crippen LogP) is 3.28. The summed E-state index contributed by atoms with van der Waals surface area (Å²) in [6.07, 6.45) is 1.30. The van der Waals surface area contributed by atoms with Gasteiger partial charge >= 0.3 is 0 Å². The van der Waals surface area contributed by atoms with Crippen LogP contribution in [0.5, 0.6) is 0 Å². The summed E-state index contributed by atoms with van der Waals surface area (Å²) in [4.78, 5) is 43.7. The van der Waals surface area contributed by atoms with Crippen LogP contribution in [-0.4, -0.2) is 53.2 Å². The third-order valence-electron chi connectivity index (χ3n) is 6.02. The molecule has 1 N–H and O–H groups in total. The van der Waals surface area contributed by atoms with Gasteiger partial charge < -0.3 is 15.1 Å². The van der Waals surface area contributed by atoms with Crippen molar-refractivity contribution < 1.29 is 14.4 Å². The average Bonchev–Trinajstić information content (AvgIpc) is 3.38. The first-order valence-electron chi connectivity index (χ1n) is 11.6. The number of piperazine rings is 1. The third kappa shape index (κ3) is 6.32. The van der Waals surface area contributed by atoms with Crippen LogP contribution in [0.3, 0.4) is 0 Å². The molecule has 1 saturated heterocycles. The molecule has 1 fully saturated rings. The summed E-state index contributed by atoms with van der Waals surface area (Å²) in [6, 6.07) is 22.8. The fourth-order valence-corrected chi connectivity index (χ4v) is 4.85. The Bertz CT molecular complexity index is 1090. The molecule has 0 bridgehead atoms. The van der Waals surface area contributed by atoms with E-state index in [2.05, 4.69) is 5.32 Å². The van der Waals surface area contributed by atoms with Crippen LogP contribution in [0.1, 0.15) is 22.4 Å². The maximum atomic E-state index is 13.4. The average molecular weight is 476 g/mol. The van der Waals surface area contributed by atoms with Crippen LogP contribution in [0.4, 0.5) is 0 Å². The molecule has 2 aromatic carbocycles. The van der Waals surface area contributed by atoms with E-state index in [9.17, 15) is 14.4 Å². The number of rotatable bonds is 10. The van der Waals surface area contributed by atoms with Crippen molar-refractivity contribution >= 4 is 29.1 Å². The fraction of sp³-hybridized carbons (Fsp3) is 0.296. The second-order valence-electron chi connectivity index (χ2n) is 8.39. The molecule has 3 amide bonds. The van der Waals surface area contributed by atoms with Gasteiger partial charge in [0.25, 0.3) is 0 Å². The molecule has 3 aromatic rings. The van der Waals surface area contributed by atoms with Crippen molar-refractivity contribution in [2.75, 3.05) is 19.6 Å². The van der Waals surface area contributed by atoms with E-state index in [0.717, 1.165) is 16.0 Å². The number of carbonyl (C=O) groups is 3. The molecule has 4 rings (SSSR count). The molecule has 0 spiro atoms. The SMILES string of the molecule is O=C(CC1C(=O)N(CCc2ccccc2)CC(=O)N1CCc1cccs1)NCc1ccccc1. The lowest BCUT2D eigenvalue weighted by atomic mass is 10.0. The Morgan fingerprint density at radius 2 is 1.59 bits per heavy atom. The van der Waals surface area contributed by atoms with Crippen LogP contribution in [0.25, 0.3) is 0 Å². The van der Waals surface area contributed by atoms with Gasteiger partial charge in [-0.25, -0.2) is 0 Å². The molecule has 34 heavy (non-hydrogen) atoms. The summed E-state index contributed by atoms with van der Waals surface area (Å²) in [5, 5.41) is 4.90. The van der Waals surface area contributed by atoms with E-state index in [1.54, 1.807) is 21.1 Å². The molecule has 6 nitrogen and oxygen atoms in total. The highest BCUT2D eigenvalue weighted by Gasteiger charge is 2.40. The van der Waals surface area contributed by atoms with Gasteiger partial charge in [0.2, 0.25) is 17.7 Å². The quantitative estimate of drug-likeness (QED) is 0.489. The van der Waals surface area contributed by atoms with Gasteiger partial charge in [-0.1, -0.05) is 66.7 Å². The predicted molar refractivity (Wildman–Crippen MR) is 133 cm³/mol. The number of thiophene rings is 1. The molecule has 1 aliphatic rings. The molecule has 1 aliphatic heterocycles. The maximum absolute atomic E-state index is 13.4. The van der Waals surface area contributed by atoms with E-state index in [1.165, 1.54) is 0 Å². The van der Waals surface area contributed by atoms with Crippen LogP contribution in [-0.2, 0) is 33.8 Å². The lowest BCUT2D eigenvalue weighted by molar-refractivity contribution is -0.157. The van der Waals surface area contributed by atoms with Gasteiger partial charge in [0.15, 0.2) is 0 Å². The van der Waals surface area contributed by atoms with E-state index in [4.69, 9.17) is 0 Å². The number of benzene rings is 2. The zero-order valence-electron chi connectivity index (χ0n) is 19.1. The van der Waals surface area contributed by atoms with Gasteiger partial charge in [-0.3, -0.25) is 14.4 Å². The molecular weight excluding hydrogens is 446 g/mol. The van der Waals surface area contributed by atoms with Crippen molar-refractivity contribution in [3.05, 3.63) is 94.2 Å². The van der Waals surface area contributed by atoms with Gasteiger partial charge in [-0.15, -0.1) is 11.3 Å². The Kier molecular flexibility index (Phi) is 8.09. The number of nitrogens with zero attached hydrogens (tertiary/aromatic N) is 2. The second-order valence-corrected chi connectivity index (χ2v) is 9.43. The van der Waals surface area contributed by atoms with Crippen LogP contribution in [0.2, 0.25) is 0 Å². The van der Waals surface area contributed by atoms with Crippen molar-refractivity contribution in [2.24, 2.45) is 0 Å². The van der Waals surface area contributed by atoms with Gasteiger partial charge in [0.1, 0.15) is 6.04 Å². The smallest absolute Gasteiger partial charge is 0.246 e. The van der Waals surface area contributed by atoms with Gasteiger partial charge in [0, 0.05) is 24.5 Å². The highest BCUT2D eigenvalue weighted by molar-refractivity contribution is 7.09. The minimum absolute atomic E-state index is 0.0380. The van der Waals surface area contributed by atoms with E-state index in [1.807, 2.05) is 78.2 Å². The normalized spacial score (nSPS) is 16.1. The molecule has 176 valence electrons. The van der Waals surface area contributed by atoms with E-state index < -0.39 is 6.04 Å². The number of nitrogens with one attached hydrogen (secondary N) is 1. The lowest BCUT2D eigenvalue weighted by Crippen LogP contribution is -2.61. The molecule has 0 saturated carbocycles. The maximum Gasteiger partial charge on any atom is 0.246 e. The first-order valence-corrected chi connectivity index (χ1v) is 12.4. The van der Waals surface area contributed by atoms with Gasteiger partial charge in [-0.2, -0.15) is 0 Å². The Morgan fingerprint density at radius 1 is 0.882 bits per heavy atom. The zero-order valence-corrected chi connectivity index (χ0v) is 19.9. The molecular formula is C27H29N3O3S. The Morgan fingerprint density at radius 3 is 2.26 bits per heavy atom. The van der Waals surface area contributed by atoms with Crippen LogP contribution < -0.4 is 5.32 Å². The minimum Gasteiger partial charge on any atom is -0.352 e. The van der Waals surface area contributed by atoms with Crippen LogP contribution >= 0.6 is 11.3 Å². The van der Waals surface area contributed by atoms with Crippen molar-refractivity contribution in [2.45, 2.75) is 31.8 Å². The Hall–Kier alpha value is -3.45. The highest BCUT2D eigenvalue weighted by Crippen LogP contribution is 2.19. The molecule has 1 aromatic heterocycles. The first kappa shape index (κ1) is 23.7. The van der Waals surface area contributed by atoms with Crippen molar-refractivity contribution in [1.29, 1.82) is 0 Å². The molecule has 0 aliphatic carbocycles. The van der Waals surface area contributed by atoms with E-state index in [-0.39, 0.29) is 30.7 Å². The van der Waals surface area contributed by atoms with Crippen molar-refractivity contribution in [3.63, 3.8) is 0 Å². The van der Waals surface area contributed by atoms with Gasteiger partial charge in [0.05, 0.1) is 13.0 Å². The van der Waals surface area contributed by atoms with E-state index >= 15 is 0 Å². The summed E-state index contributed by atoms with van der Waals surface area (Å²) in [5.74, 6) is -0.498. The molecule has 1 unspecified atom stereocenters. The molecule has 0 radical (unpaired) electrons. The molecule has 2 heterocycles. The number of hydrogen-bond donors (Lipinski definition) is 1. The molecule has 7 heteroatoms. The van der Waals surface area contributed by atoms with Crippen LogP contribution in [0, 0.1) is 0 Å². The summed E-state index contributed by atoms with van der Waals surface area (Å²) in [5.41, 5.74) is 2.10. The third-order valence-corrected chi connectivity index (χ3v) is 6.96. The minimum atomic E-state index is -0.784. The largest absolute Gasteiger partial charge is 0.352 e. The topological polar surface area (TPSA) is 69.7 Å². The summed E-state index contributed by atoms with van der Waals surface area (Å²) >= 11 is 1.63. The summed E-state index contributed by atoms with van der Waals surface area (Å²) in [6.45, 7) is 1.32. The first-order chi connectivity index (χ1) is 16.6. The zero-order chi connectivity index (χ0) is 23.8. The summed E-state index contributed by atoms with van der Waals surface area (Å²) < 4.78 is 0. The van der Waals surface area contributed by atoms with Crippen molar-refractivity contribution in [3.8, 4) is 0 Å². The monoisotopic (exact) mass is 475 g/mol. The lowest BCUT2D eigenvalue weighted by Gasteiger charge is -2.40. The van der Waals surface area contributed by atoms with E-state index in [0.29, 0.717) is 32.5 Å². The Balaban J connectivity index is 1.43. The number of hydrogen-bond acceptors (Lipinski definition) is 4. The van der Waals surface area contributed by atoms with Crippen LogP contribution in [0.15, 0.2) is 78.2 Å². The molecule has 1 atom stereocenters. The van der Waals surface area contributed by atoms with Gasteiger partial charge in [-0.05, 0) is 35.4 Å². The fourth-order valence-electron chi connectivity index (χ4n) is 4.16. The standard InChI is InChI=1S/C27H29N3O3S/c31-25(28-19-22-10-5-2-6-11-22)18-24-27(33)29(15-13-21-8-3-1-4-9-21)20-26(32)30(24)16-14-23-12-7-17-34-23/h1-12,17,24H,13-16,18-20H2,(H,28,31).